The van der Waals surface area contributed by atoms with E-state index in [4.69, 9.17) is 27.7 Å². The third-order valence-corrected chi connectivity index (χ3v) is 4.15. The number of primary amides is 1. The molecule has 0 radical (unpaired) electrons. The minimum absolute atomic E-state index is 0.0304. The van der Waals surface area contributed by atoms with E-state index in [-0.39, 0.29) is 18.3 Å². The summed E-state index contributed by atoms with van der Waals surface area (Å²) < 4.78 is 0. The molecule has 0 aliphatic rings. The largest absolute Gasteiger partial charge is 0.480 e. The van der Waals surface area contributed by atoms with Gasteiger partial charge in [0, 0.05) is 6.54 Å². The first-order chi connectivity index (χ1) is 14.8. The van der Waals surface area contributed by atoms with Gasteiger partial charge in [0.1, 0.15) is 12.1 Å². The van der Waals surface area contributed by atoms with Crippen LogP contribution in [0.1, 0.15) is 39.5 Å². The number of aliphatic carboxylic acids is 1. The van der Waals surface area contributed by atoms with E-state index in [9.17, 15) is 24.0 Å². The van der Waals surface area contributed by atoms with Gasteiger partial charge in [-0.15, -0.1) is 0 Å². The standard InChI is InChI=1S/C18H34N8O6/c1-9(2)6-11(26-15(29)10(19)4-3-5-23-18(21)22)16(30)24-8-14(28)25-12(17(31)32)7-13(20)27/h9-12H,3-8,19H2,1-2H3,(H2,20,27)(H,24,30)(H,25,28)(H,26,29)(H,31,32)(H4,21,22,23)/t10-,11-,12-/m0/s1. The second-order valence-corrected chi connectivity index (χ2v) is 7.63. The minimum atomic E-state index is -1.52. The molecule has 0 unspecified atom stereocenters. The molecule has 0 saturated heterocycles. The maximum atomic E-state index is 12.5. The molecule has 12 N–H and O–H groups in total. The fourth-order valence-corrected chi connectivity index (χ4v) is 2.60. The zero-order valence-corrected chi connectivity index (χ0v) is 18.3. The highest BCUT2D eigenvalue weighted by atomic mass is 16.4. The zero-order chi connectivity index (χ0) is 24.8. The number of carbonyl (C=O) groups excluding carboxylic acids is 4. The quantitative estimate of drug-likeness (QED) is 0.0674. The van der Waals surface area contributed by atoms with Crippen molar-refractivity contribution in [1.29, 1.82) is 5.41 Å². The lowest BCUT2D eigenvalue weighted by molar-refractivity contribution is -0.143. The number of carboxylic acids is 1. The molecule has 182 valence electrons. The molecule has 0 aliphatic heterocycles. The Hall–Kier alpha value is -3.42. The number of guanidine groups is 1. The highest BCUT2D eigenvalue weighted by Gasteiger charge is 2.26. The molecular weight excluding hydrogens is 424 g/mol. The first-order valence-corrected chi connectivity index (χ1v) is 10.1. The van der Waals surface area contributed by atoms with Crippen molar-refractivity contribution in [2.45, 2.75) is 57.7 Å². The Bertz CT molecular complexity index is 699. The van der Waals surface area contributed by atoms with Gasteiger partial charge < -0.3 is 43.6 Å². The summed E-state index contributed by atoms with van der Waals surface area (Å²) in [6, 6.07) is -3.37. The normalized spacial score (nSPS) is 13.4. The fraction of sp³-hybridized carbons (Fsp3) is 0.667. The Kier molecular flexibility index (Phi) is 13.0. The maximum Gasteiger partial charge on any atom is 0.326 e. The summed E-state index contributed by atoms with van der Waals surface area (Å²) in [5, 5.41) is 25.6. The topological polar surface area (TPSA) is 256 Å². The summed E-state index contributed by atoms with van der Waals surface area (Å²) in [5.74, 6) is -4.54. The van der Waals surface area contributed by atoms with Crippen molar-refractivity contribution in [3.63, 3.8) is 0 Å². The lowest BCUT2D eigenvalue weighted by Crippen LogP contribution is -2.54. The van der Waals surface area contributed by atoms with Gasteiger partial charge >= 0.3 is 5.97 Å². The first-order valence-electron chi connectivity index (χ1n) is 10.1. The third kappa shape index (κ3) is 13.0. The SMILES string of the molecule is CC(C)C[C@H](NC(=O)[C@@H](N)CCCNC(=N)N)C(=O)NCC(=O)N[C@@H](CC(N)=O)C(=O)O. The van der Waals surface area contributed by atoms with Gasteiger partial charge in [-0.05, 0) is 25.2 Å². The average Bonchev–Trinajstić information content (AvgIpc) is 2.67. The highest BCUT2D eigenvalue weighted by molar-refractivity contribution is 5.93. The van der Waals surface area contributed by atoms with E-state index in [2.05, 4.69) is 21.3 Å². The number of hydrogen-bond acceptors (Lipinski definition) is 7. The van der Waals surface area contributed by atoms with Gasteiger partial charge in [0.05, 0.1) is 19.0 Å². The molecule has 0 saturated carbocycles. The van der Waals surface area contributed by atoms with Crippen molar-refractivity contribution in [1.82, 2.24) is 21.3 Å². The zero-order valence-electron chi connectivity index (χ0n) is 18.3. The predicted molar refractivity (Wildman–Crippen MR) is 115 cm³/mol. The number of carboxylic acid groups (broad SMARTS) is 1. The second-order valence-electron chi connectivity index (χ2n) is 7.63. The van der Waals surface area contributed by atoms with Gasteiger partial charge in [-0.3, -0.25) is 24.6 Å². The molecule has 0 aliphatic carbocycles. The van der Waals surface area contributed by atoms with E-state index in [1.807, 2.05) is 13.8 Å². The molecule has 0 aromatic rings. The van der Waals surface area contributed by atoms with Gasteiger partial charge in [-0.1, -0.05) is 13.8 Å². The van der Waals surface area contributed by atoms with Crippen LogP contribution in [-0.2, 0) is 24.0 Å². The van der Waals surface area contributed by atoms with Crippen LogP contribution in [0.25, 0.3) is 0 Å². The summed E-state index contributed by atoms with van der Waals surface area (Å²) in [5.41, 5.74) is 16.0. The molecule has 0 aromatic carbocycles. The lowest BCUT2D eigenvalue weighted by Gasteiger charge is -2.22. The van der Waals surface area contributed by atoms with E-state index < -0.39 is 60.7 Å². The molecular formula is C18H34N8O6. The van der Waals surface area contributed by atoms with E-state index in [1.54, 1.807) is 0 Å². The van der Waals surface area contributed by atoms with Crippen molar-refractivity contribution in [2.75, 3.05) is 13.1 Å². The number of hydrogen-bond donors (Lipinski definition) is 9. The molecule has 0 spiro atoms. The molecule has 0 bridgehead atoms. The Morgan fingerprint density at radius 2 is 1.59 bits per heavy atom. The third-order valence-electron chi connectivity index (χ3n) is 4.15. The van der Waals surface area contributed by atoms with Crippen molar-refractivity contribution in [3.05, 3.63) is 0 Å². The number of rotatable bonds is 15. The molecule has 0 rings (SSSR count). The smallest absolute Gasteiger partial charge is 0.326 e. The number of nitrogens with two attached hydrogens (primary N) is 3. The van der Waals surface area contributed by atoms with Crippen LogP contribution in [0.4, 0.5) is 0 Å². The van der Waals surface area contributed by atoms with Crippen LogP contribution in [0.15, 0.2) is 0 Å². The van der Waals surface area contributed by atoms with Crippen LogP contribution in [0, 0.1) is 11.3 Å². The van der Waals surface area contributed by atoms with Gasteiger partial charge in [-0.2, -0.15) is 0 Å². The average molecular weight is 459 g/mol. The summed E-state index contributed by atoms with van der Waals surface area (Å²) >= 11 is 0. The molecule has 0 aromatic heterocycles. The van der Waals surface area contributed by atoms with Crippen molar-refractivity contribution in [3.8, 4) is 0 Å². The van der Waals surface area contributed by atoms with Crippen LogP contribution in [0.2, 0.25) is 0 Å². The van der Waals surface area contributed by atoms with Crippen LogP contribution in [0.3, 0.4) is 0 Å². The molecule has 3 atom stereocenters. The molecule has 14 nitrogen and oxygen atoms in total. The van der Waals surface area contributed by atoms with E-state index in [0.29, 0.717) is 19.4 Å². The first kappa shape index (κ1) is 28.6. The summed E-state index contributed by atoms with van der Waals surface area (Å²) in [6.45, 7) is 3.49. The number of amides is 4. The van der Waals surface area contributed by atoms with E-state index in [1.165, 1.54) is 0 Å². The molecule has 0 heterocycles. The van der Waals surface area contributed by atoms with Gasteiger partial charge in [-0.25, -0.2) is 4.79 Å². The Morgan fingerprint density at radius 1 is 0.969 bits per heavy atom. The van der Waals surface area contributed by atoms with Crippen molar-refractivity contribution < 1.29 is 29.1 Å². The van der Waals surface area contributed by atoms with Crippen LogP contribution in [-0.4, -0.2) is 71.9 Å². The molecule has 4 amide bonds. The second kappa shape index (κ2) is 14.6. The van der Waals surface area contributed by atoms with E-state index in [0.717, 1.165) is 0 Å². The van der Waals surface area contributed by atoms with Crippen LogP contribution in [0.5, 0.6) is 0 Å². The summed E-state index contributed by atoms with van der Waals surface area (Å²) in [6.07, 6.45) is 0.449. The Balaban J connectivity index is 4.78. The predicted octanol–water partition coefficient (Wildman–Crippen LogP) is -3.33. The van der Waals surface area contributed by atoms with Gasteiger partial charge in [0.2, 0.25) is 23.6 Å². The summed E-state index contributed by atoms with van der Waals surface area (Å²) in [4.78, 5) is 58.7. The molecule has 14 heteroatoms. The van der Waals surface area contributed by atoms with Crippen molar-refractivity contribution >= 4 is 35.6 Å². The summed E-state index contributed by atoms with van der Waals surface area (Å²) in [7, 11) is 0. The maximum absolute atomic E-state index is 12.5. The van der Waals surface area contributed by atoms with Gasteiger partial charge in [0.15, 0.2) is 5.96 Å². The minimum Gasteiger partial charge on any atom is -0.480 e. The monoisotopic (exact) mass is 458 g/mol. The van der Waals surface area contributed by atoms with E-state index >= 15 is 0 Å². The van der Waals surface area contributed by atoms with Gasteiger partial charge in [0.25, 0.3) is 0 Å². The van der Waals surface area contributed by atoms with Crippen LogP contribution < -0.4 is 38.5 Å². The fourth-order valence-electron chi connectivity index (χ4n) is 2.60. The number of nitrogens with one attached hydrogen (secondary N) is 5. The Labute approximate surface area is 185 Å². The highest BCUT2D eigenvalue weighted by Crippen LogP contribution is 2.06. The number of carbonyl (C=O) groups is 5. The molecule has 0 fully saturated rings. The Morgan fingerprint density at radius 3 is 2.09 bits per heavy atom. The van der Waals surface area contributed by atoms with Crippen molar-refractivity contribution in [2.24, 2.45) is 23.1 Å². The van der Waals surface area contributed by atoms with Crippen LogP contribution >= 0.6 is 0 Å². The molecule has 32 heavy (non-hydrogen) atoms. The lowest BCUT2D eigenvalue weighted by atomic mass is 10.0.